The van der Waals surface area contributed by atoms with E-state index in [4.69, 9.17) is 0 Å². The molecule has 0 amide bonds. The van der Waals surface area contributed by atoms with Gasteiger partial charge in [0.05, 0.1) is 0 Å². The molecule has 0 saturated heterocycles. The third kappa shape index (κ3) is 1.69. The first-order valence-electron chi connectivity index (χ1n) is 6.68. The highest BCUT2D eigenvalue weighted by Gasteiger charge is 2.42. The van der Waals surface area contributed by atoms with E-state index in [1.165, 1.54) is 19.3 Å². The van der Waals surface area contributed by atoms with E-state index >= 15 is 0 Å². The molecule has 0 spiro atoms. The van der Waals surface area contributed by atoms with Crippen LogP contribution in [-0.2, 0) is 5.41 Å². The number of benzene rings is 1. The van der Waals surface area contributed by atoms with Crippen molar-refractivity contribution < 1.29 is 0 Å². The molecule has 0 aromatic heterocycles. The van der Waals surface area contributed by atoms with Crippen LogP contribution in [0, 0.1) is 5.92 Å². The van der Waals surface area contributed by atoms with Gasteiger partial charge in [0.2, 0.25) is 0 Å². The van der Waals surface area contributed by atoms with Crippen molar-refractivity contribution in [2.75, 3.05) is 0 Å². The minimum Gasteiger partial charge on any atom is -0.0654 e. The van der Waals surface area contributed by atoms with Gasteiger partial charge in [0.15, 0.2) is 0 Å². The Kier molecular flexibility index (Phi) is 3.10. The highest BCUT2D eigenvalue weighted by Crippen LogP contribution is 2.51. The van der Waals surface area contributed by atoms with Crippen molar-refractivity contribution in [3.05, 3.63) is 35.4 Å². The summed E-state index contributed by atoms with van der Waals surface area (Å²) >= 11 is 0. The van der Waals surface area contributed by atoms with Crippen molar-refractivity contribution in [2.45, 2.75) is 58.3 Å². The minimum atomic E-state index is 0.366. The molecule has 1 aliphatic carbocycles. The molecule has 1 unspecified atom stereocenters. The van der Waals surface area contributed by atoms with Crippen LogP contribution >= 0.6 is 0 Å². The fourth-order valence-electron chi connectivity index (χ4n) is 3.56. The van der Waals surface area contributed by atoms with E-state index in [0.717, 1.165) is 11.8 Å². The second-order valence-corrected chi connectivity index (χ2v) is 5.85. The Balaban J connectivity index is 2.33. The van der Waals surface area contributed by atoms with E-state index < -0.39 is 0 Å². The van der Waals surface area contributed by atoms with Gasteiger partial charge in [0, 0.05) is 0 Å². The largest absolute Gasteiger partial charge is 0.0654 e. The summed E-state index contributed by atoms with van der Waals surface area (Å²) in [4.78, 5) is 0. The predicted molar refractivity (Wildman–Crippen MR) is 70.9 cm³/mol. The number of rotatable bonds is 3. The molecule has 88 valence electrons. The highest BCUT2D eigenvalue weighted by atomic mass is 14.5. The van der Waals surface area contributed by atoms with E-state index in [9.17, 15) is 0 Å². The summed E-state index contributed by atoms with van der Waals surface area (Å²) in [6, 6.07) is 9.04. The molecule has 0 bridgehead atoms. The van der Waals surface area contributed by atoms with Crippen molar-refractivity contribution in [2.24, 2.45) is 5.92 Å². The van der Waals surface area contributed by atoms with Crippen LogP contribution in [-0.4, -0.2) is 0 Å². The zero-order valence-electron chi connectivity index (χ0n) is 11.1. The second-order valence-electron chi connectivity index (χ2n) is 5.85. The molecular weight excluding hydrogens is 192 g/mol. The van der Waals surface area contributed by atoms with Crippen LogP contribution in [0.15, 0.2) is 24.3 Å². The molecule has 2 rings (SSSR count). The van der Waals surface area contributed by atoms with E-state index in [0.29, 0.717) is 5.41 Å². The average molecular weight is 216 g/mol. The topological polar surface area (TPSA) is 0 Å². The molecule has 0 fully saturated rings. The molecule has 0 aliphatic heterocycles. The molecular formula is C16H24. The van der Waals surface area contributed by atoms with Gasteiger partial charge in [-0.15, -0.1) is 0 Å². The number of fused-ring (bicyclic) bond motifs is 1. The van der Waals surface area contributed by atoms with Crippen molar-refractivity contribution in [3.63, 3.8) is 0 Å². The summed E-state index contributed by atoms with van der Waals surface area (Å²) in [5, 5.41) is 0. The molecule has 1 aliphatic rings. The average Bonchev–Trinajstić information content (AvgIpc) is 2.46. The summed E-state index contributed by atoms with van der Waals surface area (Å²) in [6.07, 6.45) is 4.06. The third-order valence-electron chi connectivity index (χ3n) is 4.54. The quantitative estimate of drug-likeness (QED) is 0.675. The second kappa shape index (κ2) is 4.24. The van der Waals surface area contributed by atoms with Gasteiger partial charge in [0.1, 0.15) is 0 Å². The summed E-state index contributed by atoms with van der Waals surface area (Å²) in [7, 11) is 0. The zero-order chi connectivity index (χ0) is 11.8. The van der Waals surface area contributed by atoms with Crippen LogP contribution in [0.2, 0.25) is 0 Å². The van der Waals surface area contributed by atoms with E-state index in [1.54, 1.807) is 11.1 Å². The van der Waals surface area contributed by atoms with Crippen LogP contribution in [0.5, 0.6) is 0 Å². The van der Waals surface area contributed by atoms with Crippen LogP contribution in [0.25, 0.3) is 0 Å². The maximum atomic E-state index is 2.43. The standard InChI is InChI=1S/C16H24/c1-5-6-10-14-12(2)13-9-7-8-11-15(13)16(14,3)4/h7-9,11-12,14H,5-6,10H2,1-4H3/t12-,14?/m1/s1. The lowest BCUT2D eigenvalue weighted by Gasteiger charge is -2.30. The Hall–Kier alpha value is -0.780. The Morgan fingerprint density at radius 2 is 1.88 bits per heavy atom. The molecule has 16 heavy (non-hydrogen) atoms. The summed E-state index contributed by atoms with van der Waals surface area (Å²) in [6.45, 7) is 9.55. The Morgan fingerprint density at radius 1 is 1.19 bits per heavy atom. The zero-order valence-corrected chi connectivity index (χ0v) is 11.1. The Morgan fingerprint density at radius 3 is 2.50 bits per heavy atom. The maximum Gasteiger partial charge on any atom is -0.00668 e. The minimum absolute atomic E-state index is 0.366. The molecule has 0 saturated carbocycles. The molecule has 0 radical (unpaired) electrons. The normalized spacial score (nSPS) is 26.8. The molecule has 2 atom stereocenters. The summed E-state index contributed by atoms with van der Waals surface area (Å²) in [5.41, 5.74) is 3.54. The molecule has 0 heteroatoms. The first-order valence-corrected chi connectivity index (χ1v) is 6.68. The number of hydrogen-bond donors (Lipinski definition) is 0. The van der Waals surface area contributed by atoms with Crippen molar-refractivity contribution in [1.82, 2.24) is 0 Å². The van der Waals surface area contributed by atoms with Gasteiger partial charge < -0.3 is 0 Å². The van der Waals surface area contributed by atoms with Crippen LogP contribution < -0.4 is 0 Å². The Labute approximate surface area is 100 Å². The predicted octanol–water partition coefficient (Wildman–Crippen LogP) is 4.89. The maximum absolute atomic E-state index is 2.43. The molecule has 1 aromatic rings. The highest BCUT2D eigenvalue weighted by molar-refractivity contribution is 5.42. The van der Waals surface area contributed by atoms with Crippen LogP contribution in [0.4, 0.5) is 0 Å². The van der Waals surface area contributed by atoms with Gasteiger partial charge in [-0.25, -0.2) is 0 Å². The van der Waals surface area contributed by atoms with Crippen molar-refractivity contribution >= 4 is 0 Å². The van der Waals surface area contributed by atoms with Gasteiger partial charge in [0.25, 0.3) is 0 Å². The van der Waals surface area contributed by atoms with Gasteiger partial charge >= 0.3 is 0 Å². The van der Waals surface area contributed by atoms with Crippen LogP contribution in [0.1, 0.15) is 64.0 Å². The smallest absolute Gasteiger partial charge is 0.00668 e. The first kappa shape index (κ1) is 11.7. The molecule has 0 heterocycles. The Bertz CT molecular complexity index is 362. The van der Waals surface area contributed by atoms with Crippen LogP contribution in [0.3, 0.4) is 0 Å². The fraction of sp³-hybridized carbons (Fsp3) is 0.625. The van der Waals surface area contributed by atoms with E-state index in [1.807, 2.05) is 0 Å². The lowest BCUT2D eigenvalue weighted by atomic mass is 9.74. The van der Waals surface area contributed by atoms with E-state index in [2.05, 4.69) is 52.0 Å². The number of unbranched alkanes of at least 4 members (excludes halogenated alkanes) is 1. The molecule has 0 N–H and O–H groups in total. The first-order chi connectivity index (χ1) is 7.59. The lowest BCUT2D eigenvalue weighted by Crippen LogP contribution is -2.25. The fourth-order valence-corrected chi connectivity index (χ4v) is 3.56. The van der Waals surface area contributed by atoms with Crippen molar-refractivity contribution in [1.29, 1.82) is 0 Å². The third-order valence-corrected chi connectivity index (χ3v) is 4.54. The molecule has 1 aromatic carbocycles. The lowest BCUT2D eigenvalue weighted by molar-refractivity contribution is 0.287. The van der Waals surface area contributed by atoms with E-state index in [-0.39, 0.29) is 0 Å². The van der Waals surface area contributed by atoms with Crippen molar-refractivity contribution in [3.8, 4) is 0 Å². The summed E-state index contributed by atoms with van der Waals surface area (Å²) < 4.78 is 0. The molecule has 0 nitrogen and oxygen atoms in total. The summed E-state index contributed by atoms with van der Waals surface area (Å²) in [5.74, 6) is 1.56. The SMILES string of the molecule is CCCCC1[C@H](C)c2ccccc2C1(C)C. The van der Waals surface area contributed by atoms with Gasteiger partial charge in [-0.3, -0.25) is 0 Å². The van der Waals surface area contributed by atoms with Gasteiger partial charge in [-0.1, -0.05) is 64.8 Å². The number of hydrogen-bond acceptors (Lipinski definition) is 0. The monoisotopic (exact) mass is 216 g/mol. The van der Waals surface area contributed by atoms with Gasteiger partial charge in [-0.05, 0) is 34.8 Å². The van der Waals surface area contributed by atoms with Gasteiger partial charge in [-0.2, -0.15) is 0 Å².